The zero-order chi connectivity index (χ0) is 22.9. The summed E-state index contributed by atoms with van der Waals surface area (Å²) in [6.07, 6.45) is 10.6. The zero-order valence-corrected chi connectivity index (χ0v) is 18.7. The molecule has 3 nitrogen and oxygen atoms in total. The lowest BCUT2D eigenvalue weighted by Crippen LogP contribution is -2.25. The molecule has 2 aromatic carbocycles. The number of hydrogen-bond acceptors (Lipinski definition) is 3. The highest BCUT2D eigenvalue weighted by Crippen LogP contribution is 2.37. The molecule has 5 heteroatoms. The highest BCUT2D eigenvalue weighted by Gasteiger charge is 2.29. The molecule has 0 N–H and O–H groups in total. The Hall–Kier alpha value is -2.74. The molecule has 3 rings (SSSR count). The van der Waals surface area contributed by atoms with E-state index in [1.807, 2.05) is 0 Å². The van der Waals surface area contributed by atoms with Gasteiger partial charge in [-0.05, 0) is 67.7 Å². The van der Waals surface area contributed by atoms with Gasteiger partial charge in [-0.15, -0.1) is 0 Å². The third kappa shape index (κ3) is 6.16. The minimum absolute atomic E-state index is 0.327. The Labute approximate surface area is 189 Å². The molecule has 0 aromatic heterocycles. The van der Waals surface area contributed by atoms with Crippen molar-refractivity contribution in [2.24, 2.45) is 5.92 Å². The van der Waals surface area contributed by atoms with Crippen molar-refractivity contribution in [1.29, 1.82) is 5.26 Å². The lowest BCUT2D eigenvalue weighted by Gasteiger charge is -2.27. The molecule has 0 heterocycles. The molecule has 0 radical (unpaired) electrons. The first kappa shape index (κ1) is 23.9. The number of benzene rings is 2. The van der Waals surface area contributed by atoms with Gasteiger partial charge in [0, 0.05) is 0 Å². The number of aryl methyl sites for hydroxylation is 1. The number of carbonyl (C=O) groups excluding carboxylic acids is 1. The summed E-state index contributed by atoms with van der Waals surface area (Å²) in [5.74, 6) is -3.50. The first-order chi connectivity index (χ1) is 15.5. The molecule has 1 aliphatic carbocycles. The van der Waals surface area contributed by atoms with E-state index in [9.17, 15) is 13.6 Å². The van der Waals surface area contributed by atoms with E-state index < -0.39 is 28.9 Å². The summed E-state index contributed by atoms with van der Waals surface area (Å²) < 4.78 is 32.9. The first-order valence-corrected chi connectivity index (χ1v) is 11.7. The molecule has 0 bridgehead atoms. The largest absolute Gasteiger partial charge is 0.423 e. The Kier molecular flexibility index (Phi) is 8.79. The number of nitrogens with zero attached hydrogens (tertiary/aromatic N) is 1. The van der Waals surface area contributed by atoms with Gasteiger partial charge in [0.15, 0.2) is 11.6 Å². The Balaban J connectivity index is 1.48. The molecule has 1 fully saturated rings. The van der Waals surface area contributed by atoms with Crippen molar-refractivity contribution in [3.63, 3.8) is 0 Å². The second-order valence-electron chi connectivity index (χ2n) is 8.73. The third-order valence-electron chi connectivity index (χ3n) is 6.46. The average Bonchev–Trinajstić information content (AvgIpc) is 2.82. The number of carbonyl (C=O) groups is 1. The fourth-order valence-electron chi connectivity index (χ4n) is 4.44. The average molecular weight is 440 g/mol. The van der Waals surface area contributed by atoms with E-state index in [0.717, 1.165) is 31.4 Å². The Morgan fingerprint density at radius 1 is 0.969 bits per heavy atom. The Morgan fingerprint density at radius 3 is 2.31 bits per heavy atom. The molecule has 1 aliphatic rings. The van der Waals surface area contributed by atoms with Gasteiger partial charge < -0.3 is 4.74 Å². The van der Waals surface area contributed by atoms with Crippen LogP contribution in [0.1, 0.15) is 87.3 Å². The lowest BCUT2D eigenvalue weighted by atomic mass is 9.78. The van der Waals surface area contributed by atoms with E-state index in [1.165, 1.54) is 43.2 Å². The standard InChI is InChI=1S/C27H31F2NO2/c1-2-3-4-5-6-7-19-8-10-20(11-9-19)21-12-14-22(15-13-21)27(31)32-24-17-16-23(18-30)25(28)26(24)29/h8-11,16-17,21-22H,2-7,12-15H2,1H3/t21-,22-. The van der Waals surface area contributed by atoms with Crippen LogP contribution in [0, 0.1) is 28.9 Å². The van der Waals surface area contributed by atoms with Crippen LogP contribution in [0.5, 0.6) is 5.75 Å². The van der Waals surface area contributed by atoms with E-state index in [0.29, 0.717) is 18.8 Å². The van der Waals surface area contributed by atoms with Crippen LogP contribution in [0.4, 0.5) is 8.78 Å². The van der Waals surface area contributed by atoms with E-state index in [2.05, 4.69) is 31.2 Å². The quantitative estimate of drug-likeness (QED) is 0.235. The van der Waals surface area contributed by atoms with Gasteiger partial charge in [0.05, 0.1) is 11.5 Å². The van der Waals surface area contributed by atoms with Crippen LogP contribution in [0.25, 0.3) is 0 Å². The van der Waals surface area contributed by atoms with Gasteiger partial charge in [0.1, 0.15) is 6.07 Å². The predicted octanol–water partition coefficient (Wildman–Crippen LogP) is 7.23. The van der Waals surface area contributed by atoms with Gasteiger partial charge in [-0.1, -0.05) is 56.9 Å². The fourth-order valence-corrected chi connectivity index (χ4v) is 4.44. The van der Waals surface area contributed by atoms with Gasteiger partial charge in [-0.25, -0.2) is 4.39 Å². The molecule has 0 spiro atoms. The van der Waals surface area contributed by atoms with Crippen molar-refractivity contribution in [2.75, 3.05) is 0 Å². The number of esters is 1. The summed E-state index contributed by atoms with van der Waals surface area (Å²) in [5, 5.41) is 8.76. The maximum atomic E-state index is 14.0. The van der Waals surface area contributed by atoms with Crippen LogP contribution in [-0.2, 0) is 11.2 Å². The number of rotatable bonds is 9. The van der Waals surface area contributed by atoms with Crippen molar-refractivity contribution in [3.8, 4) is 11.8 Å². The molecular weight excluding hydrogens is 408 g/mol. The van der Waals surface area contributed by atoms with Crippen molar-refractivity contribution >= 4 is 5.97 Å². The van der Waals surface area contributed by atoms with Crippen LogP contribution >= 0.6 is 0 Å². The zero-order valence-electron chi connectivity index (χ0n) is 18.7. The summed E-state index contributed by atoms with van der Waals surface area (Å²) in [6.45, 7) is 2.23. The fraction of sp³-hybridized carbons (Fsp3) is 0.481. The van der Waals surface area contributed by atoms with Crippen LogP contribution < -0.4 is 4.74 Å². The molecule has 1 saturated carbocycles. The summed E-state index contributed by atoms with van der Waals surface area (Å²) >= 11 is 0. The molecule has 0 atom stereocenters. The number of unbranched alkanes of at least 4 members (excludes halogenated alkanes) is 4. The topological polar surface area (TPSA) is 50.1 Å². The second kappa shape index (κ2) is 11.8. The molecule has 2 aromatic rings. The van der Waals surface area contributed by atoms with Gasteiger partial charge in [-0.3, -0.25) is 4.79 Å². The maximum Gasteiger partial charge on any atom is 0.314 e. The highest BCUT2D eigenvalue weighted by molar-refractivity contribution is 5.75. The Morgan fingerprint density at radius 2 is 1.66 bits per heavy atom. The predicted molar refractivity (Wildman–Crippen MR) is 120 cm³/mol. The smallest absolute Gasteiger partial charge is 0.314 e. The highest BCUT2D eigenvalue weighted by atomic mass is 19.2. The van der Waals surface area contributed by atoms with E-state index >= 15 is 0 Å². The SMILES string of the molecule is CCCCCCCc1ccc([C@H]2CC[C@H](C(=O)Oc3ccc(C#N)c(F)c3F)CC2)cc1. The van der Waals surface area contributed by atoms with Gasteiger partial charge in [0.25, 0.3) is 0 Å². The van der Waals surface area contributed by atoms with Crippen molar-refractivity contribution in [2.45, 2.75) is 77.0 Å². The van der Waals surface area contributed by atoms with Crippen LogP contribution in [0.3, 0.4) is 0 Å². The molecule has 32 heavy (non-hydrogen) atoms. The molecule has 0 aliphatic heterocycles. The number of nitriles is 1. The number of halogens is 2. The summed E-state index contributed by atoms with van der Waals surface area (Å²) in [7, 11) is 0. The normalized spacial score (nSPS) is 18.2. The Bertz CT molecular complexity index is 941. The summed E-state index contributed by atoms with van der Waals surface area (Å²) in [5.41, 5.74) is 2.26. The van der Waals surface area contributed by atoms with Gasteiger partial charge >= 0.3 is 5.97 Å². The van der Waals surface area contributed by atoms with Gasteiger partial charge in [0.2, 0.25) is 5.82 Å². The van der Waals surface area contributed by atoms with E-state index in [-0.39, 0.29) is 5.92 Å². The molecule has 0 saturated heterocycles. The molecule has 170 valence electrons. The van der Waals surface area contributed by atoms with Crippen LogP contribution in [0.15, 0.2) is 36.4 Å². The van der Waals surface area contributed by atoms with Crippen molar-refractivity contribution in [3.05, 3.63) is 64.7 Å². The number of ether oxygens (including phenoxy) is 1. The molecular formula is C27H31F2NO2. The monoisotopic (exact) mass is 439 g/mol. The first-order valence-electron chi connectivity index (χ1n) is 11.7. The summed E-state index contributed by atoms with van der Waals surface area (Å²) in [4.78, 5) is 12.5. The van der Waals surface area contributed by atoms with Gasteiger partial charge in [-0.2, -0.15) is 9.65 Å². The second-order valence-corrected chi connectivity index (χ2v) is 8.73. The van der Waals surface area contributed by atoms with Crippen LogP contribution in [-0.4, -0.2) is 5.97 Å². The third-order valence-corrected chi connectivity index (χ3v) is 6.46. The van der Waals surface area contributed by atoms with Crippen molar-refractivity contribution < 1.29 is 18.3 Å². The van der Waals surface area contributed by atoms with E-state index in [4.69, 9.17) is 10.00 Å². The molecule has 0 amide bonds. The summed E-state index contributed by atoms with van der Waals surface area (Å²) in [6, 6.07) is 12.7. The van der Waals surface area contributed by atoms with Crippen LogP contribution in [0.2, 0.25) is 0 Å². The maximum absolute atomic E-state index is 14.0. The molecule has 0 unspecified atom stereocenters. The van der Waals surface area contributed by atoms with E-state index in [1.54, 1.807) is 6.07 Å². The minimum Gasteiger partial charge on any atom is -0.423 e. The minimum atomic E-state index is -1.29. The number of hydrogen-bond donors (Lipinski definition) is 0. The lowest BCUT2D eigenvalue weighted by molar-refractivity contribution is -0.140. The van der Waals surface area contributed by atoms with Crippen molar-refractivity contribution in [1.82, 2.24) is 0 Å².